The van der Waals surface area contributed by atoms with Gasteiger partial charge in [0.25, 0.3) is 0 Å². The monoisotopic (exact) mass is 288 g/mol. The molecule has 0 rings (SSSR count). The first-order chi connectivity index (χ1) is 7.74. The lowest BCUT2D eigenvalue weighted by Crippen LogP contribution is -2.47. The van der Waals surface area contributed by atoms with Gasteiger partial charge in [-0.2, -0.15) is 0 Å². The molecule has 0 radical (unpaired) electrons. The van der Waals surface area contributed by atoms with E-state index in [0.29, 0.717) is 5.57 Å². The van der Waals surface area contributed by atoms with Crippen LogP contribution in [0.4, 0.5) is 0 Å². The van der Waals surface area contributed by atoms with Gasteiger partial charge < -0.3 is 8.85 Å². The van der Waals surface area contributed by atoms with Crippen LogP contribution in [-0.2, 0) is 13.6 Å². The summed E-state index contributed by atoms with van der Waals surface area (Å²) in [5.74, 6) is -0.321. The van der Waals surface area contributed by atoms with Gasteiger partial charge in [0.05, 0.1) is 0 Å². The van der Waals surface area contributed by atoms with E-state index in [1.807, 2.05) is 13.8 Å². The summed E-state index contributed by atoms with van der Waals surface area (Å²) in [6.45, 7) is 20.1. The lowest BCUT2D eigenvalue weighted by molar-refractivity contribution is -0.149. The zero-order valence-electron chi connectivity index (χ0n) is 13.1. The summed E-state index contributed by atoms with van der Waals surface area (Å²) in [5.41, 5.74) is -0.0561. The fourth-order valence-electron chi connectivity index (χ4n) is 2.26. The summed E-state index contributed by atoms with van der Waals surface area (Å²) in [6.07, 6.45) is 0. The van der Waals surface area contributed by atoms with Gasteiger partial charge in [-0.15, -0.1) is 0 Å². The Morgan fingerprint density at radius 3 is 1.94 bits per heavy atom. The maximum Gasteiger partial charge on any atom is 0.333 e. The first kappa shape index (κ1) is 17.6. The van der Waals surface area contributed by atoms with Crippen LogP contribution in [-0.4, -0.2) is 28.2 Å². The van der Waals surface area contributed by atoms with Gasteiger partial charge in [0, 0.05) is 11.6 Å². The lowest BCUT2D eigenvalue weighted by Gasteiger charge is -2.37. The molecule has 0 fully saturated rings. The van der Waals surface area contributed by atoms with Gasteiger partial charge in [-0.05, 0) is 53.5 Å². The Labute approximate surface area is 114 Å². The van der Waals surface area contributed by atoms with Crippen LogP contribution in [0.25, 0.3) is 0 Å². The minimum Gasteiger partial charge on any atom is -0.457 e. The highest BCUT2D eigenvalue weighted by atomic mass is 28.4. The molecule has 0 aliphatic heterocycles. The van der Waals surface area contributed by atoms with E-state index in [1.165, 1.54) is 0 Å². The quantitative estimate of drug-likeness (QED) is 0.422. The van der Waals surface area contributed by atoms with Crippen molar-refractivity contribution in [2.75, 3.05) is 0 Å². The molecule has 0 aliphatic carbocycles. The summed E-state index contributed by atoms with van der Waals surface area (Å²) in [4.78, 5) is 11.6. The number of carbonyl (C=O) groups excluding carboxylic acids is 1. The Kier molecular flexibility index (Phi) is 5.59. The van der Waals surface area contributed by atoms with E-state index in [1.54, 1.807) is 6.92 Å². The van der Waals surface area contributed by atoms with E-state index in [9.17, 15) is 4.79 Å². The minimum absolute atomic E-state index is 0.321. The molecule has 0 heterocycles. The van der Waals surface area contributed by atoms with Crippen molar-refractivity contribution in [1.82, 2.24) is 0 Å². The minimum atomic E-state index is -1.82. The summed E-state index contributed by atoms with van der Waals surface area (Å²) in [7, 11) is -3.37. The molecule has 0 amide bonds. The van der Waals surface area contributed by atoms with E-state index < -0.39 is 22.2 Å². The maximum atomic E-state index is 11.6. The Bertz CT molecular complexity index is 328. The van der Waals surface area contributed by atoms with Crippen molar-refractivity contribution in [1.29, 1.82) is 0 Å². The van der Waals surface area contributed by atoms with Crippen LogP contribution in [0, 0.1) is 0 Å². The van der Waals surface area contributed by atoms with Crippen molar-refractivity contribution in [2.45, 2.75) is 65.2 Å². The number of rotatable bonds is 6. The molecule has 0 aliphatic rings. The van der Waals surface area contributed by atoms with Crippen LogP contribution < -0.4 is 0 Å². The van der Waals surface area contributed by atoms with E-state index in [-0.39, 0.29) is 5.97 Å². The summed E-state index contributed by atoms with van der Waals surface area (Å²) in [5, 5.41) is 0. The molecular formula is C13H28O3Si2. The third-order valence-corrected chi connectivity index (χ3v) is 8.51. The predicted octanol–water partition coefficient (Wildman–Crippen LogP) is 3.94. The highest BCUT2D eigenvalue weighted by molar-refractivity contribution is 6.84. The van der Waals surface area contributed by atoms with Crippen molar-refractivity contribution in [3.05, 3.63) is 12.2 Å². The van der Waals surface area contributed by atoms with E-state index in [4.69, 9.17) is 8.85 Å². The number of hydrogen-bond acceptors (Lipinski definition) is 3. The van der Waals surface area contributed by atoms with Gasteiger partial charge in [-0.3, -0.25) is 0 Å². The fraction of sp³-hybridized carbons (Fsp3) is 0.769. The molecule has 0 saturated heterocycles. The highest BCUT2D eigenvalue weighted by Gasteiger charge is 2.37. The van der Waals surface area contributed by atoms with Crippen molar-refractivity contribution >= 4 is 22.6 Å². The molecule has 106 valence electrons. The third kappa shape index (κ3) is 7.84. The van der Waals surface area contributed by atoms with Crippen LogP contribution in [0.1, 0.15) is 20.8 Å². The van der Waals surface area contributed by atoms with Crippen molar-refractivity contribution in [3.63, 3.8) is 0 Å². The Balaban J connectivity index is 4.65. The molecule has 0 aromatic carbocycles. The Morgan fingerprint density at radius 2 is 1.61 bits per heavy atom. The molecule has 0 bridgehead atoms. The van der Waals surface area contributed by atoms with Crippen LogP contribution in [0.2, 0.25) is 38.8 Å². The van der Waals surface area contributed by atoms with Crippen molar-refractivity contribution < 1.29 is 13.6 Å². The molecule has 0 aromatic rings. The van der Waals surface area contributed by atoms with Gasteiger partial charge in [-0.1, -0.05) is 6.58 Å². The van der Waals surface area contributed by atoms with E-state index >= 15 is 0 Å². The summed E-state index contributed by atoms with van der Waals surface area (Å²) >= 11 is 0. The van der Waals surface area contributed by atoms with Gasteiger partial charge in [0.15, 0.2) is 16.6 Å². The largest absolute Gasteiger partial charge is 0.457 e. The molecule has 5 heteroatoms. The molecule has 0 aromatic heterocycles. The summed E-state index contributed by atoms with van der Waals surface area (Å²) < 4.78 is 11.7. The lowest BCUT2D eigenvalue weighted by atomic mass is 10.2. The standard InChI is InChI=1S/C13H28O3Si2/c1-11(2)12(14)15-13(3,4)10-18(8,9)16-17(5,6)7/h1,10H2,2-9H3. The summed E-state index contributed by atoms with van der Waals surface area (Å²) in [6, 6.07) is 0.795. The van der Waals surface area contributed by atoms with Crippen molar-refractivity contribution in [2.24, 2.45) is 0 Å². The third-order valence-electron chi connectivity index (χ3n) is 2.15. The van der Waals surface area contributed by atoms with Crippen LogP contribution in [0.5, 0.6) is 0 Å². The average molecular weight is 289 g/mol. The molecule has 0 unspecified atom stereocenters. The van der Waals surface area contributed by atoms with Gasteiger partial charge >= 0.3 is 5.97 Å². The van der Waals surface area contributed by atoms with Crippen molar-refractivity contribution in [3.8, 4) is 0 Å². The molecule has 0 atom stereocenters. The normalized spacial score (nSPS) is 13.3. The highest BCUT2D eigenvalue weighted by Crippen LogP contribution is 2.28. The second-order valence-corrected chi connectivity index (χ2v) is 16.0. The smallest absolute Gasteiger partial charge is 0.333 e. The second-order valence-electron chi connectivity index (χ2n) is 7.08. The number of esters is 1. The topological polar surface area (TPSA) is 35.5 Å². The predicted molar refractivity (Wildman–Crippen MR) is 81.7 cm³/mol. The van der Waals surface area contributed by atoms with Gasteiger partial charge in [0.1, 0.15) is 5.60 Å². The van der Waals surface area contributed by atoms with Gasteiger partial charge in [-0.25, -0.2) is 4.79 Å². The van der Waals surface area contributed by atoms with E-state index in [2.05, 4.69) is 39.3 Å². The second kappa shape index (κ2) is 5.71. The first-order valence-corrected chi connectivity index (χ1v) is 12.9. The molecule has 0 saturated carbocycles. The number of carbonyl (C=O) groups is 1. The van der Waals surface area contributed by atoms with E-state index in [0.717, 1.165) is 6.04 Å². The zero-order valence-corrected chi connectivity index (χ0v) is 15.1. The van der Waals surface area contributed by atoms with Crippen LogP contribution in [0.3, 0.4) is 0 Å². The zero-order chi connectivity index (χ0) is 14.8. The Morgan fingerprint density at radius 1 is 1.17 bits per heavy atom. The molecule has 3 nitrogen and oxygen atoms in total. The molecule has 18 heavy (non-hydrogen) atoms. The first-order valence-electron chi connectivity index (χ1n) is 6.33. The molecule has 0 N–H and O–H groups in total. The average Bonchev–Trinajstić information content (AvgIpc) is 1.93. The fourth-order valence-corrected chi connectivity index (χ4v) is 11.3. The molecule has 0 spiro atoms. The van der Waals surface area contributed by atoms with Crippen LogP contribution >= 0.6 is 0 Å². The molecular weight excluding hydrogens is 260 g/mol. The van der Waals surface area contributed by atoms with Gasteiger partial charge in [0.2, 0.25) is 0 Å². The number of hydrogen-bond donors (Lipinski definition) is 0. The maximum absolute atomic E-state index is 11.6. The van der Waals surface area contributed by atoms with Crippen LogP contribution in [0.15, 0.2) is 12.2 Å². The Hall–Kier alpha value is -0.396. The SMILES string of the molecule is C=C(C)C(=O)OC(C)(C)C[Si](C)(C)O[Si](C)(C)C. The number of ether oxygens (including phenoxy) is 1.